The lowest BCUT2D eigenvalue weighted by atomic mass is 9.96. The smallest absolute Gasteiger partial charge is 0.191 e. The Hall–Kier alpha value is -0.900. The monoisotopic (exact) mass is 497 g/mol. The molecule has 5 nitrogen and oxygen atoms in total. The standard InChI is InChI=1S/C18H28FN3O2S.HI/c1-4-20-17(22-14(2)9-12-25(3,23)24)21-13-18(10-11-18)15-5-7-16(19)8-6-15;/h5-8,14H,4,9-13H2,1-3H3,(H2,20,21,22);1H. The van der Waals surface area contributed by atoms with Crippen LogP contribution in [0.15, 0.2) is 29.3 Å². The number of hydrogen-bond donors (Lipinski definition) is 2. The number of benzene rings is 1. The topological polar surface area (TPSA) is 70.6 Å². The third-order valence-corrected chi connectivity index (χ3v) is 5.48. The molecular weight excluding hydrogens is 468 g/mol. The Morgan fingerprint density at radius 2 is 1.92 bits per heavy atom. The average Bonchev–Trinajstić information content (AvgIpc) is 3.32. The summed E-state index contributed by atoms with van der Waals surface area (Å²) >= 11 is 0. The largest absolute Gasteiger partial charge is 0.357 e. The molecule has 0 bridgehead atoms. The fourth-order valence-electron chi connectivity index (χ4n) is 2.74. The van der Waals surface area contributed by atoms with Crippen LogP contribution in [-0.2, 0) is 15.3 Å². The van der Waals surface area contributed by atoms with Crippen molar-refractivity contribution in [2.75, 3.05) is 25.1 Å². The Bertz CT molecular complexity index is 704. The van der Waals surface area contributed by atoms with E-state index >= 15 is 0 Å². The molecule has 0 saturated heterocycles. The maximum absolute atomic E-state index is 13.1. The molecule has 8 heteroatoms. The maximum atomic E-state index is 13.1. The quantitative estimate of drug-likeness (QED) is 0.329. The van der Waals surface area contributed by atoms with Gasteiger partial charge in [-0.05, 0) is 50.8 Å². The molecule has 2 rings (SSSR count). The molecule has 1 saturated carbocycles. The van der Waals surface area contributed by atoms with Gasteiger partial charge in [-0.3, -0.25) is 4.99 Å². The first-order valence-electron chi connectivity index (χ1n) is 8.73. The minimum absolute atomic E-state index is 0. The summed E-state index contributed by atoms with van der Waals surface area (Å²) in [5.41, 5.74) is 1.13. The van der Waals surface area contributed by atoms with Gasteiger partial charge in [0.05, 0.1) is 12.3 Å². The van der Waals surface area contributed by atoms with Crippen LogP contribution in [-0.4, -0.2) is 45.5 Å². The second-order valence-electron chi connectivity index (χ2n) is 6.95. The van der Waals surface area contributed by atoms with Crippen LogP contribution < -0.4 is 10.6 Å². The first kappa shape index (κ1) is 23.1. The van der Waals surface area contributed by atoms with Crippen molar-refractivity contribution in [2.24, 2.45) is 4.99 Å². The highest BCUT2D eigenvalue weighted by Gasteiger charge is 2.44. The van der Waals surface area contributed by atoms with Crippen LogP contribution in [0.1, 0.15) is 38.7 Å². The van der Waals surface area contributed by atoms with Gasteiger partial charge in [0.25, 0.3) is 0 Å². The van der Waals surface area contributed by atoms with Gasteiger partial charge in [-0.25, -0.2) is 12.8 Å². The third kappa shape index (κ3) is 7.38. The molecule has 0 amide bonds. The van der Waals surface area contributed by atoms with Gasteiger partial charge in [0.2, 0.25) is 0 Å². The zero-order valence-electron chi connectivity index (χ0n) is 15.6. The molecule has 26 heavy (non-hydrogen) atoms. The molecule has 1 atom stereocenters. The predicted molar refractivity (Wildman–Crippen MR) is 116 cm³/mol. The normalized spacial score (nSPS) is 17.2. The van der Waals surface area contributed by atoms with E-state index in [0.717, 1.165) is 24.9 Å². The van der Waals surface area contributed by atoms with E-state index in [1.165, 1.54) is 18.4 Å². The summed E-state index contributed by atoms with van der Waals surface area (Å²) in [7, 11) is -2.96. The van der Waals surface area contributed by atoms with Crippen molar-refractivity contribution in [3.8, 4) is 0 Å². The average molecular weight is 497 g/mol. The van der Waals surface area contributed by atoms with Crippen molar-refractivity contribution in [1.29, 1.82) is 0 Å². The van der Waals surface area contributed by atoms with Gasteiger partial charge in [-0.1, -0.05) is 12.1 Å². The number of sulfone groups is 1. The lowest BCUT2D eigenvalue weighted by Crippen LogP contribution is -2.43. The zero-order chi connectivity index (χ0) is 18.5. The molecule has 1 unspecified atom stereocenters. The fraction of sp³-hybridized carbons (Fsp3) is 0.611. The van der Waals surface area contributed by atoms with Crippen molar-refractivity contribution in [2.45, 2.75) is 44.6 Å². The van der Waals surface area contributed by atoms with Crippen LogP contribution in [0.3, 0.4) is 0 Å². The number of halogens is 2. The van der Waals surface area contributed by atoms with E-state index in [4.69, 9.17) is 0 Å². The number of aliphatic imine (C=N–C) groups is 1. The van der Waals surface area contributed by atoms with E-state index in [-0.39, 0.29) is 47.0 Å². The van der Waals surface area contributed by atoms with Crippen molar-refractivity contribution < 1.29 is 12.8 Å². The summed E-state index contributed by atoms with van der Waals surface area (Å²) in [5.74, 6) is 0.620. The Morgan fingerprint density at radius 3 is 2.42 bits per heavy atom. The van der Waals surface area contributed by atoms with E-state index in [9.17, 15) is 12.8 Å². The summed E-state index contributed by atoms with van der Waals surface area (Å²) in [6, 6.07) is 6.68. The summed E-state index contributed by atoms with van der Waals surface area (Å²) in [6.07, 6.45) is 3.88. The number of guanidine groups is 1. The number of hydrogen-bond acceptors (Lipinski definition) is 3. The Balaban J connectivity index is 0.00000338. The molecule has 1 aromatic rings. The number of nitrogens with one attached hydrogen (secondary N) is 2. The van der Waals surface area contributed by atoms with Crippen LogP contribution >= 0.6 is 24.0 Å². The van der Waals surface area contributed by atoms with E-state index in [0.29, 0.717) is 18.9 Å². The lowest BCUT2D eigenvalue weighted by molar-refractivity contribution is 0.580. The van der Waals surface area contributed by atoms with Gasteiger partial charge in [0.1, 0.15) is 15.7 Å². The van der Waals surface area contributed by atoms with E-state index < -0.39 is 9.84 Å². The highest BCUT2D eigenvalue weighted by molar-refractivity contribution is 14.0. The van der Waals surface area contributed by atoms with Crippen LogP contribution in [0, 0.1) is 5.82 Å². The van der Waals surface area contributed by atoms with Gasteiger partial charge in [0, 0.05) is 24.3 Å². The maximum Gasteiger partial charge on any atom is 0.191 e. The Kier molecular flexibility index (Phi) is 8.78. The van der Waals surface area contributed by atoms with Gasteiger partial charge < -0.3 is 10.6 Å². The highest BCUT2D eigenvalue weighted by atomic mass is 127. The highest BCUT2D eigenvalue weighted by Crippen LogP contribution is 2.48. The molecule has 0 aliphatic heterocycles. The van der Waals surface area contributed by atoms with Crippen LogP contribution in [0.2, 0.25) is 0 Å². The first-order valence-corrected chi connectivity index (χ1v) is 10.8. The molecule has 1 fully saturated rings. The second kappa shape index (κ2) is 9.87. The first-order chi connectivity index (χ1) is 11.7. The molecule has 0 heterocycles. The number of rotatable bonds is 8. The summed E-state index contributed by atoms with van der Waals surface area (Å²) in [6.45, 7) is 5.30. The molecular formula is C18H29FIN3O2S. The Morgan fingerprint density at radius 1 is 1.31 bits per heavy atom. The van der Waals surface area contributed by atoms with Crippen LogP contribution in [0.5, 0.6) is 0 Å². The molecule has 0 spiro atoms. The second-order valence-corrected chi connectivity index (χ2v) is 9.21. The summed E-state index contributed by atoms with van der Waals surface area (Å²) < 4.78 is 35.7. The minimum Gasteiger partial charge on any atom is -0.357 e. The molecule has 148 valence electrons. The van der Waals surface area contributed by atoms with Crippen molar-refractivity contribution >= 4 is 39.8 Å². The fourth-order valence-corrected chi connectivity index (χ4v) is 3.52. The van der Waals surface area contributed by atoms with Crippen LogP contribution in [0.25, 0.3) is 0 Å². The zero-order valence-corrected chi connectivity index (χ0v) is 18.7. The van der Waals surface area contributed by atoms with Gasteiger partial charge >= 0.3 is 0 Å². The molecule has 1 aliphatic carbocycles. The Labute approximate surface area is 173 Å². The van der Waals surface area contributed by atoms with Gasteiger partial charge in [-0.2, -0.15) is 0 Å². The van der Waals surface area contributed by atoms with Crippen molar-refractivity contribution in [1.82, 2.24) is 10.6 Å². The van der Waals surface area contributed by atoms with E-state index in [1.54, 1.807) is 0 Å². The lowest BCUT2D eigenvalue weighted by Gasteiger charge is -2.19. The molecule has 0 aromatic heterocycles. The molecule has 0 radical (unpaired) electrons. The minimum atomic E-state index is -2.96. The molecule has 1 aromatic carbocycles. The SMILES string of the molecule is CCNC(=NCC1(c2ccc(F)cc2)CC1)NC(C)CCS(C)(=O)=O.I. The summed E-state index contributed by atoms with van der Waals surface area (Å²) in [4.78, 5) is 4.68. The molecule has 2 N–H and O–H groups in total. The van der Waals surface area contributed by atoms with E-state index in [2.05, 4.69) is 15.6 Å². The van der Waals surface area contributed by atoms with Gasteiger partial charge in [-0.15, -0.1) is 24.0 Å². The third-order valence-electron chi connectivity index (χ3n) is 4.50. The predicted octanol–water partition coefficient (Wildman–Crippen LogP) is 2.85. The van der Waals surface area contributed by atoms with Crippen LogP contribution in [0.4, 0.5) is 4.39 Å². The number of nitrogens with zero attached hydrogens (tertiary/aromatic N) is 1. The van der Waals surface area contributed by atoms with E-state index in [1.807, 2.05) is 26.0 Å². The van der Waals surface area contributed by atoms with Gasteiger partial charge in [0.15, 0.2) is 5.96 Å². The molecule has 1 aliphatic rings. The summed E-state index contributed by atoms with van der Waals surface area (Å²) in [5, 5.41) is 6.47. The van der Waals surface area contributed by atoms with Crippen molar-refractivity contribution in [3.05, 3.63) is 35.6 Å². The van der Waals surface area contributed by atoms with Crippen molar-refractivity contribution in [3.63, 3.8) is 0 Å².